The first-order chi connectivity index (χ1) is 10.4. The van der Waals surface area contributed by atoms with Gasteiger partial charge in [-0.3, -0.25) is 4.90 Å². The highest BCUT2D eigenvalue weighted by molar-refractivity contribution is 5.31. The highest BCUT2D eigenvalue weighted by Gasteiger charge is 2.28. The molecule has 2 heteroatoms. The summed E-state index contributed by atoms with van der Waals surface area (Å²) >= 11 is 0. The Kier molecular flexibility index (Phi) is 5.77. The number of rotatable bonds is 2. The third kappa shape index (κ3) is 4.34. The molecule has 2 fully saturated rings. The summed E-state index contributed by atoms with van der Waals surface area (Å²) in [6, 6.07) is 0.469. The van der Waals surface area contributed by atoms with Crippen molar-refractivity contribution in [3.8, 4) is 11.8 Å². The quantitative estimate of drug-likeness (QED) is 0.717. The molecule has 116 valence electrons. The van der Waals surface area contributed by atoms with Crippen LogP contribution in [0, 0.1) is 17.8 Å². The van der Waals surface area contributed by atoms with Gasteiger partial charge in [-0.2, -0.15) is 0 Å². The Bertz CT molecular complexity index is 387. The lowest BCUT2D eigenvalue weighted by atomic mass is 9.83. The smallest absolute Gasteiger partial charge is 0.0748 e. The fraction of sp³-hybridized carbons (Fsp3) is 0.789. The maximum absolute atomic E-state index is 5.53. The first-order valence-electron chi connectivity index (χ1n) is 8.96. The number of hydrogen-bond donors (Lipinski definition) is 0. The van der Waals surface area contributed by atoms with Crippen LogP contribution in [0.4, 0.5) is 0 Å². The highest BCUT2D eigenvalue weighted by Crippen LogP contribution is 2.29. The van der Waals surface area contributed by atoms with Gasteiger partial charge in [0.05, 0.1) is 19.3 Å². The van der Waals surface area contributed by atoms with Gasteiger partial charge < -0.3 is 4.74 Å². The zero-order valence-electron chi connectivity index (χ0n) is 13.3. The zero-order valence-corrected chi connectivity index (χ0v) is 13.3. The van der Waals surface area contributed by atoms with E-state index in [1.165, 1.54) is 63.4 Å². The molecule has 21 heavy (non-hydrogen) atoms. The van der Waals surface area contributed by atoms with E-state index in [-0.39, 0.29) is 0 Å². The van der Waals surface area contributed by atoms with Crippen molar-refractivity contribution >= 4 is 0 Å². The molecule has 0 aromatic heterocycles. The number of morpholine rings is 1. The van der Waals surface area contributed by atoms with Crippen molar-refractivity contribution in [2.75, 3.05) is 26.3 Å². The van der Waals surface area contributed by atoms with Crippen LogP contribution in [0.3, 0.4) is 0 Å². The molecule has 0 bridgehead atoms. The molecule has 3 rings (SSSR count). The lowest BCUT2D eigenvalue weighted by molar-refractivity contribution is 0.0125. The Morgan fingerprint density at radius 1 is 1.05 bits per heavy atom. The lowest BCUT2D eigenvalue weighted by Crippen LogP contribution is -2.46. The third-order valence-electron chi connectivity index (χ3n) is 5.21. The van der Waals surface area contributed by atoms with E-state index >= 15 is 0 Å². The topological polar surface area (TPSA) is 12.5 Å². The molecule has 0 spiro atoms. The molecular formula is C19H29NO. The van der Waals surface area contributed by atoms with Gasteiger partial charge in [0.25, 0.3) is 0 Å². The summed E-state index contributed by atoms with van der Waals surface area (Å²) in [4.78, 5) is 2.59. The van der Waals surface area contributed by atoms with Gasteiger partial charge in [0.2, 0.25) is 0 Å². The first-order valence-corrected chi connectivity index (χ1v) is 8.96. The Morgan fingerprint density at radius 3 is 2.57 bits per heavy atom. The van der Waals surface area contributed by atoms with Crippen LogP contribution in [0.5, 0.6) is 0 Å². The van der Waals surface area contributed by atoms with Crippen molar-refractivity contribution in [2.45, 2.75) is 63.8 Å². The van der Waals surface area contributed by atoms with Crippen LogP contribution in [-0.4, -0.2) is 37.2 Å². The highest BCUT2D eigenvalue weighted by atomic mass is 16.5. The van der Waals surface area contributed by atoms with E-state index < -0.39 is 0 Å². The van der Waals surface area contributed by atoms with Gasteiger partial charge in [0.1, 0.15) is 0 Å². The summed E-state index contributed by atoms with van der Waals surface area (Å²) in [5, 5.41) is 0. The van der Waals surface area contributed by atoms with E-state index in [0.717, 1.165) is 32.2 Å². The number of ether oxygens (including phenoxy) is 1. The van der Waals surface area contributed by atoms with Gasteiger partial charge in [-0.05, 0) is 50.0 Å². The molecule has 2 nitrogen and oxygen atoms in total. The van der Waals surface area contributed by atoms with E-state index in [1.54, 1.807) is 0 Å². The molecule has 1 atom stereocenters. The summed E-state index contributed by atoms with van der Waals surface area (Å²) in [5.74, 6) is 8.01. The average molecular weight is 287 g/mol. The Hall–Kier alpha value is -0.780. The van der Waals surface area contributed by atoms with Crippen LogP contribution in [0.2, 0.25) is 0 Å². The molecule has 1 unspecified atom stereocenters. The van der Waals surface area contributed by atoms with Gasteiger partial charge in [-0.15, -0.1) is 0 Å². The Balaban J connectivity index is 1.71. The SMILES string of the molecule is C(#CC(C1CCCCC1)N1CCOCC1)C1=CCCCC1. The maximum atomic E-state index is 5.53. The van der Waals surface area contributed by atoms with E-state index in [0.29, 0.717) is 6.04 Å². The number of hydrogen-bond acceptors (Lipinski definition) is 2. The van der Waals surface area contributed by atoms with E-state index in [2.05, 4.69) is 22.8 Å². The minimum absolute atomic E-state index is 0.469. The molecule has 1 saturated heterocycles. The van der Waals surface area contributed by atoms with E-state index in [9.17, 15) is 0 Å². The summed E-state index contributed by atoms with van der Waals surface area (Å²) in [5.41, 5.74) is 1.40. The molecule has 1 aliphatic heterocycles. The fourth-order valence-electron chi connectivity index (χ4n) is 3.93. The molecule has 0 amide bonds. The van der Waals surface area contributed by atoms with Crippen LogP contribution in [0.15, 0.2) is 11.6 Å². The van der Waals surface area contributed by atoms with Gasteiger partial charge in [-0.25, -0.2) is 0 Å². The summed E-state index contributed by atoms with van der Waals surface area (Å²) in [7, 11) is 0. The van der Waals surface area contributed by atoms with Crippen molar-refractivity contribution < 1.29 is 4.74 Å². The summed E-state index contributed by atoms with van der Waals surface area (Å²) < 4.78 is 5.53. The van der Waals surface area contributed by atoms with E-state index in [1.807, 2.05) is 0 Å². The summed E-state index contributed by atoms with van der Waals surface area (Å²) in [6.45, 7) is 3.89. The van der Waals surface area contributed by atoms with Crippen molar-refractivity contribution in [1.82, 2.24) is 4.90 Å². The van der Waals surface area contributed by atoms with Crippen molar-refractivity contribution in [1.29, 1.82) is 0 Å². The molecule has 0 aromatic carbocycles. The lowest BCUT2D eigenvalue weighted by Gasteiger charge is -2.37. The zero-order chi connectivity index (χ0) is 14.3. The van der Waals surface area contributed by atoms with Crippen LogP contribution in [0.25, 0.3) is 0 Å². The van der Waals surface area contributed by atoms with Gasteiger partial charge in [0, 0.05) is 13.1 Å². The summed E-state index contributed by atoms with van der Waals surface area (Å²) in [6.07, 6.45) is 14.4. The molecule has 1 heterocycles. The van der Waals surface area contributed by atoms with E-state index in [4.69, 9.17) is 4.74 Å². The fourth-order valence-corrected chi connectivity index (χ4v) is 3.93. The number of nitrogens with zero attached hydrogens (tertiary/aromatic N) is 1. The Labute approximate surface area is 129 Å². The molecule has 2 aliphatic carbocycles. The predicted octanol–water partition coefficient (Wildman–Crippen LogP) is 3.77. The maximum Gasteiger partial charge on any atom is 0.0748 e. The second kappa shape index (κ2) is 8.01. The Morgan fingerprint density at radius 2 is 1.86 bits per heavy atom. The average Bonchev–Trinajstić information content (AvgIpc) is 2.58. The van der Waals surface area contributed by atoms with Gasteiger partial charge in [-0.1, -0.05) is 37.2 Å². The standard InChI is InChI=1S/C19H29NO/c1-3-7-17(8-4-1)11-12-19(18-9-5-2-6-10-18)20-13-15-21-16-14-20/h7,18-19H,1-6,8-10,13-16H2. The molecular weight excluding hydrogens is 258 g/mol. The molecule has 0 N–H and O–H groups in total. The second-order valence-electron chi connectivity index (χ2n) is 6.74. The normalized spacial score (nSPS) is 26.6. The molecule has 0 aromatic rings. The van der Waals surface area contributed by atoms with Crippen molar-refractivity contribution in [2.24, 2.45) is 5.92 Å². The van der Waals surface area contributed by atoms with Crippen LogP contribution in [0.1, 0.15) is 57.8 Å². The monoisotopic (exact) mass is 287 g/mol. The predicted molar refractivity (Wildman–Crippen MR) is 87.1 cm³/mol. The van der Waals surface area contributed by atoms with Gasteiger partial charge in [0.15, 0.2) is 0 Å². The van der Waals surface area contributed by atoms with Gasteiger partial charge >= 0.3 is 0 Å². The molecule has 0 radical (unpaired) electrons. The van der Waals surface area contributed by atoms with Crippen molar-refractivity contribution in [3.63, 3.8) is 0 Å². The third-order valence-corrected chi connectivity index (χ3v) is 5.21. The van der Waals surface area contributed by atoms with Crippen LogP contribution >= 0.6 is 0 Å². The molecule has 1 saturated carbocycles. The largest absolute Gasteiger partial charge is 0.379 e. The minimum Gasteiger partial charge on any atom is -0.379 e. The number of allylic oxidation sites excluding steroid dienone is 2. The minimum atomic E-state index is 0.469. The second-order valence-corrected chi connectivity index (χ2v) is 6.74. The molecule has 3 aliphatic rings. The van der Waals surface area contributed by atoms with Crippen LogP contribution < -0.4 is 0 Å². The first kappa shape index (κ1) is 15.1. The van der Waals surface area contributed by atoms with Crippen molar-refractivity contribution in [3.05, 3.63) is 11.6 Å². The van der Waals surface area contributed by atoms with Crippen LogP contribution in [-0.2, 0) is 4.74 Å².